The number of aliphatic hydroxyl groups excluding tert-OH is 1. The maximum absolute atomic E-state index is 12.9. The van der Waals surface area contributed by atoms with Crippen LogP contribution in [0.15, 0.2) is 36.5 Å². The fraction of sp³-hybridized carbons (Fsp3) is 0.870. The molecule has 0 aliphatic heterocycles. The Bertz CT molecular complexity index is 1120. The molecule has 0 rings (SSSR count). The van der Waals surface area contributed by atoms with Crippen LogP contribution in [0, 0.1) is 0 Å². The largest absolute Gasteiger partial charge is 0.472 e. The molecular weight excluding hydrogens is 804 g/mol. The summed E-state index contributed by atoms with van der Waals surface area (Å²) in [5, 5.41) is 13.8. The maximum Gasteiger partial charge on any atom is 0.472 e. The second-order valence-corrected chi connectivity index (χ2v) is 21.0. The van der Waals surface area contributed by atoms with E-state index in [4.69, 9.17) is 9.05 Å². The molecule has 3 N–H and O–H groups in total. The summed E-state index contributed by atoms with van der Waals surface area (Å²) >= 11 is 0. The number of hydrogen-bond acceptors (Lipinski definition) is 5. The number of nitrogens with one attached hydrogen (secondary N) is 1. The number of allylic oxidation sites excluding steroid dienone is 5. The molecule has 9 heteroatoms. The number of carbonyl (C=O) groups is 1. The first-order chi connectivity index (χ1) is 30.5. The van der Waals surface area contributed by atoms with E-state index >= 15 is 0 Å². The average molecular weight is 910 g/mol. The van der Waals surface area contributed by atoms with Gasteiger partial charge in [0.15, 0.2) is 0 Å². The minimum absolute atomic E-state index is 0.0567. The Kier molecular flexibility index (Phi) is 44.9. The molecule has 0 spiro atoms. The molecule has 372 valence electrons. The lowest BCUT2D eigenvalue weighted by Crippen LogP contribution is -2.45. The second kappa shape index (κ2) is 45.9. The van der Waals surface area contributed by atoms with Crippen molar-refractivity contribution in [3.8, 4) is 0 Å². The number of amides is 1. The van der Waals surface area contributed by atoms with Crippen molar-refractivity contribution >= 4 is 13.7 Å². The zero-order valence-electron chi connectivity index (χ0n) is 42.3. The minimum atomic E-state index is -4.34. The van der Waals surface area contributed by atoms with Crippen molar-refractivity contribution in [3.63, 3.8) is 0 Å². The van der Waals surface area contributed by atoms with Crippen LogP contribution in [0.3, 0.4) is 0 Å². The van der Waals surface area contributed by atoms with Crippen molar-refractivity contribution in [3.05, 3.63) is 36.5 Å². The van der Waals surface area contributed by atoms with Crippen molar-refractivity contribution < 1.29 is 32.9 Å². The third kappa shape index (κ3) is 48.5. The number of nitrogens with zero attached hydrogens (tertiary/aromatic N) is 1. The molecule has 0 aliphatic rings. The fourth-order valence-electron chi connectivity index (χ4n) is 7.82. The predicted molar refractivity (Wildman–Crippen MR) is 272 cm³/mol. The highest BCUT2D eigenvalue weighted by Gasteiger charge is 2.27. The average Bonchev–Trinajstić information content (AvgIpc) is 3.24. The summed E-state index contributed by atoms with van der Waals surface area (Å²) in [4.78, 5) is 23.1. The Balaban J connectivity index is 3.99. The van der Waals surface area contributed by atoms with Crippen molar-refractivity contribution in [2.75, 3.05) is 40.9 Å². The van der Waals surface area contributed by atoms with Crippen LogP contribution in [0.25, 0.3) is 0 Å². The van der Waals surface area contributed by atoms with Gasteiger partial charge in [-0.3, -0.25) is 13.8 Å². The number of hydrogen-bond donors (Lipinski definition) is 3. The van der Waals surface area contributed by atoms with Gasteiger partial charge in [0, 0.05) is 6.42 Å². The van der Waals surface area contributed by atoms with Gasteiger partial charge in [0.1, 0.15) is 13.2 Å². The van der Waals surface area contributed by atoms with Gasteiger partial charge in [0.05, 0.1) is 39.9 Å². The van der Waals surface area contributed by atoms with E-state index < -0.39 is 20.0 Å². The van der Waals surface area contributed by atoms with Gasteiger partial charge in [-0.1, -0.05) is 224 Å². The number of unbranched alkanes of at least 4 members (excludes halogenated alkanes) is 32. The van der Waals surface area contributed by atoms with Crippen LogP contribution >= 0.6 is 7.82 Å². The number of rotatable bonds is 49. The van der Waals surface area contributed by atoms with Crippen LogP contribution in [-0.2, 0) is 18.4 Å². The topological polar surface area (TPSA) is 105 Å². The van der Waals surface area contributed by atoms with E-state index in [1.807, 2.05) is 27.2 Å². The van der Waals surface area contributed by atoms with Gasteiger partial charge >= 0.3 is 7.82 Å². The molecular formula is C54H106N2O6P+. The van der Waals surface area contributed by atoms with Crippen LogP contribution in [0.1, 0.15) is 251 Å². The molecule has 8 nitrogen and oxygen atoms in total. The first-order valence-electron chi connectivity index (χ1n) is 26.9. The van der Waals surface area contributed by atoms with Crippen LogP contribution in [0.2, 0.25) is 0 Å². The van der Waals surface area contributed by atoms with E-state index in [0.717, 1.165) is 38.5 Å². The first-order valence-corrected chi connectivity index (χ1v) is 28.4. The van der Waals surface area contributed by atoms with Gasteiger partial charge in [-0.05, 0) is 57.8 Å². The second-order valence-electron chi connectivity index (χ2n) is 19.6. The smallest absolute Gasteiger partial charge is 0.387 e. The van der Waals surface area contributed by atoms with E-state index in [-0.39, 0.29) is 19.1 Å². The lowest BCUT2D eigenvalue weighted by atomic mass is 10.0. The van der Waals surface area contributed by atoms with Crippen LogP contribution in [0.5, 0.6) is 0 Å². The van der Waals surface area contributed by atoms with Crippen LogP contribution in [0.4, 0.5) is 0 Å². The minimum Gasteiger partial charge on any atom is -0.387 e. The zero-order chi connectivity index (χ0) is 46.4. The number of likely N-dealkylation sites (N-methyl/N-ethyl adjacent to an activating group) is 1. The SMILES string of the molecule is CCCCCC/C=C/CC/C=C/C(O)C(COP(=O)(O)OCC[N+](C)(C)C)NC(=O)CCCCCCCCCCCCCCCCC/C=C\CCCCCCCCCCCCCC. The third-order valence-electron chi connectivity index (χ3n) is 12.1. The van der Waals surface area contributed by atoms with Gasteiger partial charge in [0.2, 0.25) is 5.91 Å². The fourth-order valence-corrected chi connectivity index (χ4v) is 8.55. The highest BCUT2D eigenvalue weighted by molar-refractivity contribution is 7.47. The number of carbonyl (C=O) groups excluding carboxylic acids is 1. The summed E-state index contributed by atoms with van der Waals surface area (Å²) in [5.74, 6) is -0.187. The summed E-state index contributed by atoms with van der Waals surface area (Å²) in [5.41, 5.74) is 0. The number of phosphoric ester groups is 1. The van der Waals surface area contributed by atoms with Gasteiger partial charge in [-0.25, -0.2) is 4.57 Å². The van der Waals surface area contributed by atoms with Gasteiger partial charge in [0.25, 0.3) is 0 Å². The Labute approximate surface area is 391 Å². The highest BCUT2D eigenvalue weighted by atomic mass is 31.2. The van der Waals surface area contributed by atoms with Crippen LogP contribution in [-0.4, -0.2) is 73.4 Å². The molecule has 0 aromatic carbocycles. The Morgan fingerprint density at radius 2 is 0.873 bits per heavy atom. The summed E-state index contributed by atoms with van der Waals surface area (Å²) in [6.45, 7) is 4.77. The van der Waals surface area contributed by atoms with E-state index in [2.05, 4.69) is 43.5 Å². The van der Waals surface area contributed by atoms with Crippen molar-refractivity contribution in [1.29, 1.82) is 0 Å². The first kappa shape index (κ1) is 61.7. The van der Waals surface area contributed by atoms with Gasteiger partial charge < -0.3 is 19.8 Å². The van der Waals surface area contributed by atoms with E-state index in [9.17, 15) is 19.4 Å². The molecule has 0 bridgehead atoms. The summed E-state index contributed by atoms with van der Waals surface area (Å²) in [6.07, 6.45) is 58.4. The predicted octanol–water partition coefficient (Wildman–Crippen LogP) is 15.8. The molecule has 3 unspecified atom stereocenters. The van der Waals surface area contributed by atoms with Gasteiger partial charge in [-0.15, -0.1) is 0 Å². The molecule has 0 aliphatic carbocycles. The third-order valence-corrected chi connectivity index (χ3v) is 13.1. The Morgan fingerprint density at radius 1 is 0.524 bits per heavy atom. The molecule has 63 heavy (non-hydrogen) atoms. The lowest BCUT2D eigenvalue weighted by Gasteiger charge is -2.25. The summed E-state index contributed by atoms with van der Waals surface area (Å²) in [6, 6.07) is -0.860. The van der Waals surface area contributed by atoms with Gasteiger partial charge in [-0.2, -0.15) is 0 Å². The maximum atomic E-state index is 12.9. The molecule has 1 amide bonds. The standard InChI is InChI=1S/C54H105N2O6P/c1-6-8-10-12-14-16-18-19-20-21-22-23-24-25-26-27-28-29-30-31-32-33-34-35-36-37-38-40-42-44-46-48-54(58)55-52(51-62-63(59,60)61-50-49-56(3,4)5)53(57)47-45-43-41-39-17-15-13-11-9-7-2/h17,25-26,39,45,47,52-53,57H,6-16,18-24,27-38,40-44,46,48-51H2,1-5H3,(H-,55,58,59,60)/p+1/b26-25-,39-17+,47-45+. The Morgan fingerprint density at radius 3 is 1.29 bits per heavy atom. The molecule has 0 heterocycles. The Hall–Kier alpha value is -1.28. The van der Waals surface area contributed by atoms with Crippen molar-refractivity contribution in [2.45, 2.75) is 264 Å². The number of phosphoric acid groups is 1. The number of aliphatic hydroxyl groups is 1. The molecule has 0 saturated heterocycles. The summed E-state index contributed by atoms with van der Waals surface area (Å²) in [7, 11) is 1.56. The molecule has 0 fully saturated rings. The summed E-state index contributed by atoms with van der Waals surface area (Å²) < 4.78 is 23.5. The molecule has 0 aromatic heterocycles. The highest BCUT2D eigenvalue weighted by Crippen LogP contribution is 2.43. The van der Waals surface area contributed by atoms with E-state index in [1.54, 1.807) is 6.08 Å². The molecule has 0 radical (unpaired) electrons. The normalized spacial score (nSPS) is 14.3. The zero-order valence-corrected chi connectivity index (χ0v) is 43.2. The number of quaternary nitrogens is 1. The molecule has 0 aromatic rings. The molecule has 3 atom stereocenters. The van der Waals surface area contributed by atoms with E-state index in [1.165, 1.54) is 193 Å². The van der Waals surface area contributed by atoms with Crippen LogP contribution < -0.4 is 5.32 Å². The lowest BCUT2D eigenvalue weighted by molar-refractivity contribution is -0.870. The van der Waals surface area contributed by atoms with E-state index in [0.29, 0.717) is 17.4 Å². The monoisotopic (exact) mass is 910 g/mol. The molecule has 0 saturated carbocycles. The van der Waals surface area contributed by atoms with Crippen molar-refractivity contribution in [1.82, 2.24) is 5.32 Å². The quantitative estimate of drug-likeness (QED) is 0.0243. The van der Waals surface area contributed by atoms with Crippen molar-refractivity contribution in [2.24, 2.45) is 0 Å².